The highest BCUT2D eigenvalue weighted by molar-refractivity contribution is 7.98. The number of carbonyl (C=O) groups excluding carboxylic acids is 1. The van der Waals surface area contributed by atoms with E-state index in [2.05, 4.69) is 15.5 Å². The first-order valence-corrected chi connectivity index (χ1v) is 13.8. The molecule has 5 rings (SSSR count). The van der Waals surface area contributed by atoms with Gasteiger partial charge in [-0.1, -0.05) is 90.6 Å². The summed E-state index contributed by atoms with van der Waals surface area (Å²) < 4.78 is 1.88. The van der Waals surface area contributed by atoms with E-state index in [4.69, 9.17) is 0 Å². The van der Waals surface area contributed by atoms with Crippen LogP contribution in [-0.2, 0) is 12.2 Å². The zero-order valence-corrected chi connectivity index (χ0v) is 22.6. The number of thioether (sulfide) groups is 1. The van der Waals surface area contributed by atoms with E-state index in [1.54, 1.807) is 18.2 Å². The van der Waals surface area contributed by atoms with Gasteiger partial charge in [0, 0.05) is 29.1 Å². The van der Waals surface area contributed by atoms with Gasteiger partial charge in [-0.2, -0.15) is 0 Å². The van der Waals surface area contributed by atoms with E-state index in [9.17, 15) is 14.9 Å². The summed E-state index contributed by atoms with van der Waals surface area (Å²) >= 11 is 1.51. The number of carbonyl (C=O) groups is 1. The number of rotatable bonds is 10. The molecule has 1 aromatic heterocycles. The molecule has 5 aromatic rings. The van der Waals surface area contributed by atoms with Crippen LogP contribution >= 0.6 is 11.8 Å². The Morgan fingerprint density at radius 2 is 1.50 bits per heavy atom. The van der Waals surface area contributed by atoms with Crippen LogP contribution in [0.2, 0.25) is 0 Å². The van der Waals surface area contributed by atoms with Crippen LogP contribution in [0, 0.1) is 17.0 Å². The van der Waals surface area contributed by atoms with Crippen molar-refractivity contribution >= 4 is 23.4 Å². The number of nitrogens with one attached hydrogen (secondary N) is 1. The van der Waals surface area contributed by atoms with E-state index >= 15 is 0 Å². The van der Waals surface area contributed by atoms with Crippen molar-refractivity contribution in [1.82, 2.24) is 20.1 Å². The molecule has 0 bridgehead atoms. The third-order valence-electron chi connectivity index (χ3n) is 6.48. The van der Waals surface area contributed by atoms with Gasteiger partial charge in [-0.3, -0.25) is 19.5 Å². The van der Waals surface area contributed by atoms with Crippen LogP contribution in [0.25, 0.3) is 5.69 Å². The van der Waals surface area contributed by atoms with Crippen molar-refractivity contribution in [2.24, 2.45) is 0 Å². The number of non-ortho nitro benzene ring substituents is 1. The van der Waals surface area contributed by atoms with Crippen LogP contribution in [0.5, 0.6) is 0 Å². The molecule has 1 atom stereocenters. The Kier molecular flexibility index (Phi) is 8.32. The van der Waals surface area contributed by atoms with Crippen molar-refractivity contribution in [3.63, 3.8) is 0 Å². The molecule has 1 amide bonds. The molecule has 8 nitrogen and oxygen atoms in total. The van der Waals surface area contributed by atoms with Crippen molar-refractivity contribution in [1.29, 1.82) is 0 Å². The molecule has 0 saturated carbocycles. The lowest BCUT2D eigenvalue weighted by molar-refractivity contribution is -0.384. The first-order valence-electron chi connectivity index (χ1n) is 12.8. The summed E-state index contributed by atoms with van der Waals surface area (Å²) in [5, 5.41) is 24.2. The average Bonchev–Trinajstić information content (AvgIpc) is 3.41. The van der Waals surface area contributed by atoms with Crippen LogP contribution in [0.15, 0.2) is 114 Å². The molecule has 1 N–H and O–H groups in total. The number of benzene rings is 4. The van der Waals surface area contributed by atoms with E-state index in [-0.39, 0.29) is 11.6 Å². The molecule has 40 heavy (non-hydrogen) atoms. The van der Waals surface area contributed by atoms with E-state index in [0.29, 0.717) is 34.4 Å². The van der Waals surface area contributed by atoms with Gasteiger partial charge in [-0.15, -0.1) is 10.2 Å². The highest BCUT2D eigenvalue weighted by Crippen LogP contribution is 2.30. The molecule has 0 aliphatic rings. The topological polar surface area (TPSA) is 103 Å². The SMILES string of the molecule is Cc1ccccc1C(=O)NC(Cc1ccccc1)c1nnc(SCc2ccccc2)n1-c1ccc([N+](=O)[O-])cc1. The zero-order chi connectivity index (χ0) is 27.9. The predicted molar refractivity (Wildman–Crippen MR) is 156 cm³/mol. The lowest BCUT2D eigenvalue weighted by Gasteiger charge is -2.21. The number of nitro benzene ring substituents is 1. The fraction of sp³-hybridized carbons (Fsp3) is 0.129. The molecular weight excluding hydrogens is 522 g/mol. The second-order valence-corrected chi connectivity index (χ2v) is 10.2. The number of amides is 1. The maximum Gasteiger partial charge on any atom is 0.269 e. The highest BCUT2D eigenvalue weighted by Gasteiger charge is 2.26. The quantitative estimate of drug-likeness (QED) is 0.121. The highest BCUT2D eigenvalue weighted by atomic mass is 32.2. The van der Waals surface area contributed by atoms with Crippen LogP contribution in [-0.4, -0.2) is 25.6 Å². The molecule has 1 unspecified atom stereocenters. The third kappa shape index (κ3) is 6.27. The number of aryl methyl sites for hydroxylation is 1. The summed E-state index contributed by atoms with van der Waals surface area (Å²) in [5.41, 5.74) is 4.26. The van der Waals surface area contributed by atoms with Crippen molar-refractivity contribution in [2.75, 3.05) is 0 Å². The first-order chi connectivity index (χ1) is 19.5. The smallest absolute Gasteiger partial charge is 0.269 e. The van der Waals surface area contributed by atoms with Crippen LogP contribution < -0.4 is 5.32 Å². The van der Waals surface area contributed by atoms with E-state index in [0.717, 1.165) is 16.7 Å². The standard InChI is InChI=1S/C31H27N5O3S/c1-22-10-8-9-15-27(22)30(37)32-28(20-23-11-4-2-5-12-23)29-33-34-31(40-21-24-13-6-3-7-14-24)35(29)25-16-18-26(19-17-25)36(38)39/h2-19,28H,20-21H2,1H3,(H,32,37). The van der Waals surface area contributed by atoms with Crippen molar-refractivity contribution in [3.8, 4) is 5.69 Å². The van der Waals surface area contributed by atoms with Gasteiger partial charge in [0.05, 0.1) is 11.0 Å². The van der Waals surface area contributed by atoms with E-state index in [1.165, 1.54) is 23.9 Å². The summed E-state index contributed by atoms with van der Waals surface area (Å²) in [6, 6.07) is 33.1. The number of nitrogens with zero attached hydrogens (tertiary/aromatic N) is 4. The van der Waals surface area contributed by atoms with Crippen molar-refractivity contribution in [3.05, 3.63) is 147 Å². The Morgan fingerprint density at radius 3 is 2.15 bits per heavy atom. The Balaban J connectivity index is 1.56. The molecule has 0 saturated heterocycles. The fourth-order valence-corrected chi connectivity index (χ4v) is 5.32. The van der Waals surface area contributed by atoms with Crippen molar-refractivity contribution in [2.45, 2.75) is 30.3 Å². The van der Waals surface area contributed by atoms with Gasteiger partial charge < -0.3 is 5.32 Å². The van der Waals surface area contributed by atoms with Gasteiger partial charge in [0.1, 0.15) is 0 Å². The monoisotopic (exact) mass is 549 g/mol. The molecule has 0 spiro atoms. The number of hydrogen-bond acceptors (Lipinski definition) is 6. The Morgan fingerprint density at radius 1 is 0.875 bits per heavy atom. The summed E-state index contributed by atoms with van der Waals surface area (Å²) in [6.45, 7) is 1.90. The van der Waals surface area contributed by atoms with E-state index in [1.807, 2.05) is 90.4 Å². The molecule has 9 heteroatoms. The number of aromatic nitrogens is 3. The summed E-state index contributed by atoms with van der Waals surface area (Å²) in [6.07, 6.45) is 0.479. The largest absolute Gasteiger partial charge is 0.342 e. The minimum Gasteiger partial charge on any atom is -0.342 e. The molecule has 0 aliphatic heterocycles. The Labute approximate surface area is 236 Å². The molecule has 0 fully saturated rings. The second-order valence-electron chi connectivity index (χ2n) is 9.25. The lowest BCUT2D eigenvalue weighted by Crippen LogP contribution is -2.32. The number of nitro groups is 1. The first kappa shape index (κ1) is 26.8. The van der Waals surface area contributed by atoms with Crippen LogP contribution in [0.1, 0.15) is 38.9 Å². The summed E-state index contributed by atoms with van der Waals surface area (Å²) in [5.74, 6) is 0.983. The minimum atomic E-state index is -0.525. The fourth-order valence-electron chi connectivity index (χ4n) is 4.41. The van der Waals surface area contributed by atoms with Gasteiger partial charge in [-0.25, -0.2) is 0 Å². The minimum absolute atomic E-state index is 0.00875. The molecule has 1 heterocycles. The molecule has 0 aliphatic carbocycles. The zero-order valence-electron chi connectivity index (χ0n) is 21.8. The molecular formula is C31H27N5O3S. The van der Waals surface area contributed by atoms with Gasteiger partial charge in [0.25, 0.3) is 11.6 Å². The summed E-state index contributed by atoms with van der Waals surface area (Å²) in [7, 11) is 0. The second kappa shape index (κ2) is 12.4. The molecule has 0 radical (unpaired) electrons. The molecule has 200 valence electrons. The van der Waals surface area contributed by atoms with E-state index < -0.39 is 11.0 Å². The van der Waals surface area contributed by atoms with Gasteiger partial charge in [0.2, 0.25) is 0 Å². The predicted octanol–water partition coefficient (Wildman–Crippen LogP) is 6.49. The van der Waals surface area contributed by atoms with Gasteiger partial charge >= 0.3 is 0 Å². The van der Waals surface area contributed by atoms with Gasteiger partial charge in [-0.05, 0) is 48.2 Å². The normalized spacial score (nSPS) is 11.6. The van der Waals surface area contributed by atoms with Crippen LogP contribution in [0.3, 0.4) is 0 Å². The average molecular weight is 550 g/mol. The maximum atomic E-state index is 13.5. The summed E-state index contributed by atoms with van der Waals surface area (Å²) in [4.78, 5) is 24.4. The third-order valence-corrected chi connectivity index (χ3v) is 7.48. The molecule has 4 aromatic carbocycles. The van der Waals surface area contributed by atoms with Crippen LogP contribution in [0.4, 0.5) is 5.69 Å². The number of hydrogen-bond donors (Lipinski definition) is 1. The maximum absolute atomic E-state index is 13.5. The Bertz CT molecular complexity index is 1610. The van der Waals surface area contributed by atoms with Gasteiger partial charge in [0.15, 0.2) is 11.0 Å². The Hall–Kier alpha value is -4.76. The lowest BCUT2D eigenvalue weighted by atomic mass is 10.0. The van der Waals surface area contributed by atoms with Crippen molar-refractivity contribution < 1.29 is 9.72 Å².